The van der Waals surface area contributed by atoms with Gasteiger partial charge >= 0.3 is 0 Å². The third-order valence-corrected chi connectivity index (χ3v) is 5.73. The average Bonchev–Trinajstić information content (AvgIpc) is 2.99. The van der Waals surface area contributed by atoms with Crippen LogP contribution in [0.3, 0.4) is 0 Å². The zero-order valence-corrected chi connectivity index (χ0v) is 14.8. The molecule has 1 unspecified atom stereocenters. The summed E-state index contributed by atoms with van der Waals surface area (Å²) in [5, 5.41) is 0.652. The monoisotopic (exact) mass is 360 g/mol. The maximum atomic E-state index is 11.6. The van der Waals surface area contributed by atoms with E-state index >= 15 is 0 Å². The molecule has 124 valence electrons. The summed E-state index contributed by atoms with van der Waals surface area (Å²) in [5.41, 5.74) is 4.04. The van der Waals surface area contributed by atoms with Gasteiger partial charge in [-0.2, -0.15) is 0 Å². The van der Waals surface area contributed by atoms with Crippen LogP contribution in [0.1, 0.15) is 24.0 Å². The number of benzene rings is 2. The van der Waals surface area contributed by atoms with Crippen LogP contribution in [0.25, 0.3) is 11.1 Å². The summed E-state index contributed by atoms with van der Waals surface area (Å²) in [7, 11) is -3.22. The second-order valence-electron chi connectivity index (χ2n) is 5.98. The van der Waals surface area contributed by atoms with Crippen LogP contribution < -0.4 is 0 Å². The molecule has 0 saturated carbocycles. The summed E-state index contributed by atoms with van der Waals surface area (Å²) in [4.78, 5) is 11.8. The Labute approximate surface area is 146 Å². The lowest BCUT2D eigenvalue weighted by molar-refractivity contribution is -0.109. The summed E-state index contributed by atoms with van der Waals surface area (Å²) in [5.74, 6) is -0.143. The van der Waals surface area contributed by atoms with Crippen molar-refractivity contribution in [2.75, 3.05) is 6.26 Å². The minimum absolute atomic E-state index is 0.143. The smallest absolute Gasteiger partial charge is 0.175 e. The lowest BCUT2D eigenvalue weighted by atomic mass is 9.92. The summed E-state index contributed by atoms with van der Waals surface area (Å²) in [6, 6.07) is 14.3. The molecular formula is C19H17ClO3S. The molecule has 2 aromatic rings. The van der Waals surface area contributed by atoms with Crippen molar-refractivity contribution < 1.29 is 13.2 Å². The Morgan fingerprint density at radius 2 is 1.58 bits per heavy atom. The fourth-order valence-electron chi connectivity index (χ4n) is 3.16. The molecule has 1 aliphatic carbocycles. The molecule has 2 aromatic carbocycles. The van der Waals surface area contributed by atoms with E-state index in [2.05, 4.69) is 0 Å². The van der Waals surface area contributed by atoms with Crippen molar-refractivity contribution in [1.29, 1.82) is 0 Å². The molecule has 3 rings (SSSR count). The Bertz CT molecular complexity index is 895. The first-order chi connectivity index (χ1) is 11.4. The Morgan fingerprint density at radius 1 is 1.00 bits per heavy atom. The number of sulfone groups is 1. The molecule has 0 aromatic heterocycles. The SMILES string of the molecule is CS(=O)(=O)c1ccc(C2=C(c3ccc(Cl)cc3)C(C=O)CC2)cc1. The lowest BCUT2D eigenvalue weighted by Crippen LogP contribution is -2.00. The second-order valence-corrected chi connectivity index (χ2v) is 8.43. The van der Waals surface area contributed by atoms with Gasteiger partial charge in [-0.3, -0.25) is 0 Å². The van der Waals surface area contributed by atoms with Gasteiger partial charge in [0.15, 0.2) is 9.84 Å². The van der Waals surface area contributed by atoms with Gasteiger partial charge in [0.2, 0.25) is 0 Å². The molecule has 0 radical (unpaired) electrons. The van der Waals surface area contributed by atoms with E-state index in [0.29, 0.717) is 9.92 Å². The first-order valence-corrected chi connectivity index (χ1v) is 9.92. The zero-order chi connectivity index (χ0) is 17.3. The third-order valence-electron chi connectivity index (χ3n) is 4.35. The minimum Gasteiger partial charge on any atom is -0.303 e. The number of hydrogen-bond donors (Lipinski definition) is 0. The molecule has 0 saturated heterocycles. The number of rotatable bonds is 4. The van der Waals surface area contributed by atoms with Gasteiger partial charge in [-0.15, -0.1) is 0 Å². The molecule has 0 bridgehead atoms. The van der Waals surface area contributed by atoms with Crippen LogP contribution in [-0.4, -0.2) is 21.0 Å². The van der Waals surface area contributed by atoms with Crippen LogP contribution >= 0.6 is 11.6 Å². The highest BCUT2D eigenvalue weighted by Crippen LogP contribution is 2.43. The summed E-state index contributed by atoms with van der Waals surface area (Å²) in [6.45, 7) is 0. The molecule has 0 heterocycles. The third kappa shape index (κ3) is 3.30. The summed E-state index contributed by atoms with van der Waals surface area (Å²) >= 11 is 5.96. The fourth-order valence-corrected chi connectivity index (χ4v) is 3.92. The maximum absolute atomic E-state index is 11.6. The van der Waals surface area contributed by atoms with E-state index in [0.717, 1.165) is 41.4 Å². The molecule has 24 heavy (non-hydrogen) atoms. The molecule has 5 heteroatoms. The number of carbonyl (C=O) groups excluding carboxylic acids is 1. The second kappa shape index (κ2) is 6.54. The van der Waals surface area contributed by atoms with E-state index < -0.39 is 9.84 Å². The van der Waals surface area contributed by atoms with Crippen molar-refractivity contribution in [3.05, 3.63) is 64.7 Å². The van der Waals surface area contributed by atoms with E-state index in [-0.39, 0.29) is 5.92 Å². The highest BCUT2D eigenvalue weighted by molar-refractivity contribution is 7.90. The highest BCUT2D eigenvalue weighted by atomic mass is 35.5. The van der Waals surface area contributed by atoms with Gasteiger partial charge in [0, 0.05) is 17.2 Å². The molecule has 0 aliphatic heterocycles. The fraction of sp³-hybridized carbons (Fsp3) is 0.211. The number of hydrogen-bond acceptors (Lipinski definition) is 3. The van der Waals surface area contributed by atoms with Crippen molar-refractivity contribution in [3.8, 4) is 0 Å². The van der Waals surface area contributed by atoms with Crippen molar-refractivity contribution in [2.45, 2.75) is 17.7 Å². The van der Waals surface area contributed by atoms with Crippen molar-refractivity contribution in [2.24, 2.45) is 5.92 Å². The van der Waals surface area contributed by atoms with Crippen LogP contribution in [0.15, 0.2) is 53.4 Å². The molecule has 0 fully saturated rings. The van der Waals surface area contributed by atoms with Gasteiger partial charge in [-0.1, -0.05) is 35.9 Å². The van der Waals surface area contributed by atoms with Gasteiger partial charge in [0.25, 0.3) is 0 Å². The Hall–Kier alpha value is -1.91. The molecule has 1 atom stereocenters. The van der Waals surface area contributed by atoms with Gasteiger partial charge in [-0.05, 0) is 59.4 Å². The van der Waals surface area contributed by atoms with Gasteiger partial charge in [0.05, 0.1) is 4.90 Å². The Kier molecular flexibility index (Phi) is 4.61. The van der Waals surface area contributed by atoms with Crippen LogP contribution in [0.5, 0.6) is 0 Å². The number of allylic oxidation sites excluding steroid dienone is 2. The predicted octanol–water partition coefficient (Wildman–Crippen LogP) is 4.26. The van der Waals surface area contributed by atoms with E-state index in [1.54, 1.807) is 12.1 Å². The van der Waals surface area contributed by atoms with E-state index in [1.807, 2.05) is 36.4 Å². The first kappa shape index (κ1) is 16.9. The molecule has 0 spiro atoms. The highest BCUT2D eigenvalue weighted by Gasteiger charge is 2.27. The van der Waals surface area contributed by atoms with Crippen molar-refractivity contribution in [3.63, 3.8) is 0 Å². The van der Waals surface area contributed by atoms with Crippen LogP contribution in [0.2, 0.25) is 5.02 Å². The molecule has 0 N–H and O–H groups in total. The van der Waals surface area contributed by atoms with Gasteiger partial charge < -0.3 is 4.79 Å². The largest absolute Gasteiger partial charge is 0.303 e. The number of halogens is 1. The average molecular weight is 361 g/mol. The Balaban J connectivity index is 2.10. The summed E-state index contributed by atoms with van der Waals surface area (Å²) < 4.78 is 23.2. The topological polar surface area (TPSA) is 51.2 Å². The van der Waals surface area contributed by atoms with E-state index in [4.69, 9.17) is 11.6 Å². The standard InChI is InChI=1S/C19H17ClO3S/c1-24(22,23)17-9-4-13(5-10-17)18-11-6-15(12-21)19(18)14-2-7-16(20)8-3-14/h2-5,7-10,12,15H,6,11H2,1H3. The van der Waals surface area contributed by atoms with Crippen molar-refractivity contribution in [1.82, 2.24) is 0 Å². The number of carbonyl (C=O) groups is 1. The normalized spacial score (nSPS) is 18.0. The number of aldehydes is 1. The Morgan fingerprint density at radius 3 is 2.12 bits per heavy atom. The van der Waals surface area contributed by atoms with Gasteiger partial charge in [0.1, 0.15) is 6.29 Å². The van der Waals surface area contributed by atoms with E-state index in [1.165, 1.54) is 6.26 Å². The molecule has 0 amide bonds. The van der Waals surface area contributed by atoms with Crippen molar-refractivity contribution >= 4 is 38.9 Å². The molecular weight excluding hydrogens is 344 g/mol. The lowest BCUT2D eigenvalue weighted by Gasteiger charge is -2.12. The zero-order valence-electron chi connectivity index (χ0n) is 13.2. The summed E-state index contributed by atoms with van der Waals surface area (Å²) in [6.07, 6.45) is 3.74. The van der Waals surface area contributed by atoms with Crippen LogP contribution in [0, 0.1) is 5.92 Å². The van der Waals surface area contributed by atoms with Crippen LogP contribution in [-0.2, 0) is 14.6 Å². The predicted molar refractivity (Wildman–Crippen MR) is 96.6 cm³/mol. The molecule has 1 aliphatic rings. The van der Waals surface area contributed by atoms with Crippen LogP contribution in [0.4, 0.5) is 0 Å². The van der Waals surface area contributed by atoms with Gasteiger partial charge in [-0.25, -0.2) is 8.42 Å². The maximum Gasteiger partial charge on any atom is 0.175 e. The first-order valence-electron chi connectivity index (χ1n) is 7.65. The minimum atomic E-state index is -3.22. The molecule has 3 nitrogen and oxygen atoms in total. The quantitative estimate of drug-likeness (QED) is 0.765. The van der Waals surface area contributed by atoms with E-state index in [9.17, 15) is 13.2 Å².